The van der Waals surface area contributed by atoms with Crippen molar-refractivity contribution in [2.45, 2.75) is 33.2 Å². The summed E-state index contributed by atoms with van der Waals surface area (Å²) in [6.45, 7) is 6.20. The topological polar surface area (TPSA) is 34.0 Å². The first-order valence-electron chi connectivity index (χ1n) is 6.79. The summed E-state index contributed by atoms with van der Waals surface area (Å²) in [7, 11) is 0. The van der Waals surface area contributed by atoms with Crippen LogP contribution in [0.3, 0.4) is 0 Å². The van der Waals surface area contributed by atoms with Crippen molar-refractivity contribution < 1.29 is 4.79 Å². The second-order valence-electron chi connectivity index (χ2n) is 5.00. The third kappa shape index (κ3) is 3.12. The number of anilines is 1. The summed E-state index contributed by atoms with van der Waals surface area (Å²) in [6, 6.07) is 9.93. The number of aryl methyl sites for hydroxylation is 1. The molecule has 1 N–H and O–H groups in total. The molecule has 0 fully saturated rings. The van der Waals surface area contributed by atoms with Crippen LogP contribution in [0.1, 0.15) is 42.9 Å². The number of hydrogen-bond donors (Lipinski definition) is 1. The fraction of sp³-hybridized carbons (Fsp3) is 0.312. The Morgan fingerprint density at radius 3 is 2.75 bits per heavy atom. The van der Waals surface area contributed by atoms with E-state index < -0.39 is 0 Å². The molecule has 0 aliphatic carbocycles. The molecule has 0 saturated heterocycles. The molecule has 1 aromatic heterocycles. The largest absolute Gasteiger partial charge is 0.341 e. The van der Waals surface area contributed by atoms with Crippen LogP contribution >= 0.6 is 15.9 Å². The number of nitrogens with zero attached hydrogens (tertiary/aromatic N) is 1. The van der Waals surface area contributed by atoms with E-state index in [2.05, 4.69) is 42.0 Å². The van der Waals surface area contributed by atoms with Crippen LogP contribution < -0.4 is 5.32 Å². The normalized spacial score (nSPS) is 10.8. The zero-order chi connectivity index (χ0) is 14.7. The third-order valence-electron chi connectivity index (χ3n) is 3.26. The molecule has 0 aliphatic rings. The van der Waals surface area contributed by atoms with Gasteiger partial charge in [-0.15, -0.1) is 0 Å². The first-order valence-corrected chi connectivity index (χ1v) is 7.58. The Morgan fingerprint density at radius 1 is 1.35 bits per heavy atom. The summed E-state index contributed by atoms with van der Waals surface area (Å²) in [5.41, 5.74) is 2.68. The van der Waals surface area contributed by atoms with Gasteiger partial charge in [-0.3, -0.25) is 4.79 Å². The van der Waals surface area contributed by atoms with Crippen molar-refractivity contribution in [1.82, 2.24) is 4.57 Å². The Labute approximate surface area is 128 Å². The van der Waals surface area contributed by atoms with E-state index in [1.807, 2.05) is 41.1 Å². The number of rotatable bonds is 4. The molecule has 0 aliphatic heterocycles. The van der Waals surface area contributed by atoms with Gasteiger partial charge in [0.2, 0.25) is 0 Å². The maximum absolute atomic E-state index is 12.4. The van der Waals surface area contributed by atoms with E-state index in [1.54, 1.807) is 0 Å². The molecule has 2 aromatic rings. The highest BCUT2D eigenvalue weighted by molar-refractivity contribution is 9.10. The molecule has 1 aromatic carbocycles. The highest BCUT2D eigenvalue weighted by Gasteiger charge is 2.14. The fourth-order valence-electron chi connectivity index (χ4n) is 2.20. The van der Waals surface area contributed by atoms with Crippen molar-refractivity contribution in [2.75, 3.05) is 5.32 Å². The molecular formula is C16H19BrN2O. The Balaban J connectivity index is 2.26. The Kier molecular flexibility index (Phi) is 4.65. The van der Waals surface area contributed by atoms with E-state index in [-0.39, 0.29) is 11.9 Å². The zero-order valence-corrected chi connectivity index (χ0v) is 13.6. The van der Waals surface area contributed by atoms with Gasteiger partial charge < -0.3 is 9.88 Å². The van der Waals surface area contributed by atoms with Crippen LogP contribution in [0.4, 0.5) is 5.69 Å². The fourth-order valence-corrected chi connectivity index (χ4v) is 2.61. The second kappa shape index (κ2) is 6.27. The number of nitrogens with one attached hydrogen (secondary N) is 1. The lowest BCUT2D eigenvalue weighted by molar-refractivity contribution is 0.101. The summed E-state index contributed by atoms with van der Waals surface area (Å²) >= 11 is 3.46. The van der Waals surface area contributed by atoms with Gasteiger partial charge in [-0.05, 0) is 56.2 Å². The number of carbonyl (C=O) groups excluding carboxylic acids is 1. The number of amides is 1. The number of hydrogen-bond acceptors (Lipinski definition) is 1. The minimum atomic E-state index is -0.0688. The molecule has 0 spiro atoms. The van der Waals surface area contributed by atoms with Gasteiger partial charge in [0.25, 0.3) is 5.91 Å². The molecule has 1 heterocycles. The molecule has 0 saturated carbocycles. The van der Waals surface area contributed by atoms with E-state index in [9.17, 15) is 4.79 Å². The summed E-state index contributed by atoms with van der Waals surface area (Å²) in [5.74, 6) is -0.0688. The van der Waals surface area contributed by atoms with Gasteiger partial charge in [-0.1, -0.05) is 22.9 Å². The van der Waals surface area contributed by atoms with Crippen molar-refractivity contribution in [3.63, 3.8) is 0 Å². The molecule has 0 bridgehead atoms. The second-order valence-corrected chi connectivity index (χ2v) is 5.92. The molecular weight excluding hydrogens is 316 g/mol. The smallest absolute Gasteiger partial charge is 0.272 e. The summed E-state index contributed by atoms with van der Waals surface area (Å²) in [5, 5.41) is 3.01. The quantitative estimate of drug-likeness (QED) is 0.867. The SMILES string of the molecule is CCc1cc(Br)ccc1NC(=O)c1cccn1C(C)C. The molecule has 20 heavy (non-hydrogen) atoms. The number of benzene rings is 1. The lowest BCUT2D eigenvalue weighted by Crippen LogP contribution is -2.18. The molecule has 106 valence electrons. The average molecular weight is 335 g/mol. The summed E-state index contributed by atoms with van der Waals surface area (Å²) < 4.78 is 3.00. The standard InChI is InChI=1S/C16H19BrN2O/c1-4-12-10-13(17)7-8-14(12)18-16(20)15-6-5-9-19(15)11(2)3/h5-11H,4H2,1-3H3,(H,18,20). The average Bonchev–Trinajstić information content (AvgIpc) is 2.90. The van der Waals surface area contributed by atoms with Gasteiger partial charge in [0, 0.05) is 22.4 Å². The number of carbonyl (C=O) groups is 1. The zero-order valence-electron chi connectivity index (χ0n) is 12.0. The van der Waals surface area contributed by atoms with Gasteiger partial charge in [0.1, 0.15) is 5.69 Å². The molecule has 0 atom stereocenters. The van der Waals surface area contributed by atoms with Gasteiger partial charge >= 0.3 is 0 Å². The molecule has 0 radical (unpaired) electrons. The van der Waals surface area contributed by atoms with Crippen LogP contribution in [0.25, 0.3) is 0 Å². The van der Waals surface area contributed by atoms with Crippen molar-refractivity contribution in [1.29, 1.82) is 0 Å². The van der Waals surface area contributed by atoms with Crippen LogP contribution in [0.5, 0.6) is 0 Å². The molecule has 1 amide bonds. The van der Waals surface area contributed by atoms with Crippen molar-refractivity contribution in [3.8, 4) is 0 Å². The van der Waals surface area contributed by atoms with Crippen LogP contribution in [0.2, 0.25) is 0 Å². The first-order chi connectivity index (χ1) is 9.52. The first kappa shape index (κ1) is 14.9. The van der Waals surface area contributed by atoms with Gasteiger partial charge in [-0.2, -0.15) is 0 Å². The van der Waals surface area contributed by atoms with Gasteiger partial charge in [0.15, 0.2) is 0 Å². The maximum atomic E-state index is 12.4. The predicted molar refractivity (Wildman–Crippen MR) is 86.3 cm³/mol. The Bertz CT molecular complexity index is 617. The van der Waals surface area contributed by atoms with Crippen LogP contribution in [0, 0.1) is 0 Å². The lowest BCUT2D eigenvalue weighted by atomic mass is 10.1. The van der Waals surface area contributed by atoms with Crippen molar-refractivity contribution in [3.05, 3.63) is 52.3 Å². The van der Waals surface area contributed by atoms with Crippen LogP contribution in [0.15, 0.2) is 41.0 Å². The van der Waals surface area contributed by atoms with Gasteiger partial charge in [0.05, 0.1) is 0 Å². The summed E-state index contributed by atoms with van der Waals surface area (Å²) in [6.07, 6.45) is 2.81. The molecule has 2 rings (SSSR count). The van der Waals surface area contributed by atoms with Crippen LogP contribution in [-0.2, 0) is 6.42 Å². The third-order valence-corrected chi connectivity index (χ3v) is 3.76. The molecule has 4 heteroatoms. The molecule has 3 nitrogen and oxygen atoms in total. The van der Waals surface area contributed by atoms with E-state index in [0.717, 1.165) is 22.1 Å². The van der Waals surface area contributed by atoms with E-state index in [1.165, 1.54) is 0 Å². The van der Waals surface area contributed by atoms with E-state index in [4.69, 9.17) is 0 Å². The highest BCUT2D eigenvalue weighted by Crippen LogP contribution is 2.22. The van der Waals surface area contributed by atoms with Crippen molar-refractivity contribution >= 4 is 27.5 Å². The minimum Gasteiger partial charge on any atom is -0.341 e. The monoisotopic (exact) mass is 334 g/mol. The van der Waals surface area contributed by atoms with E-state index >= 15 is 0 Å². The van der Waals surface area contributed by atoms with Gasteiger partial charge in [-0.25, -0.2) is 0 Å². The predicted octanol–water partition coefficient (Wildman–Crippen LogP) is 4.65. The maximum Gasteiger partial charge on any atom is 0.272 e. The highest BCUT2D eigenvalue weighted by atomic mass is 79.9. The number of halogens is 1. The lowest BCUT2D eigenvalue weighted by Gasteiger charge is -2.14. The van der Waals surface area contributed by atoms with Crippen molar-refractivity contribution in [2.24, 2.45) is 0 Å². The van der Waals surface area contributed by atoms with E-state index in [0.29, 0.717) is 5.69 Å². The molecule has 0 unspecified atom stereocenters. The summed E-state index contributed by atoms with van der Waals surface area (Å²) in [4.78, 5) is 12.4. The Morgan fingerprint density at radius 2 is 2.10 bits per heavy atom. The minimum absolute atomic E-state index is 0.0688. The number of aromatic nitrogens is 1. The Hall–Kier alpha value is -1.55. The van der Waals surface area contributed by atoms with Crippen LogP contribution in [-0.4, -0.2) is 10.5 Å².